The van der Waals surface area contributed by atoms with Gasteiger partial charge in [-0.15, -0.1) is 0 Å². The third-order valence-electron chi connectivity index (χ3n) is 2.84. The van der Waals surface area contributed by atoms with Crippen molar-refractivity contribution in [2.75, 3.05) is 7.11 Å². The summed E-state index contributed by atoms with van der Waals surface area (Å²) in [5.74, 6) is -2.39. The van der Waals surface area contributed by atoms with Gasteiger partial charge >= 0.3 is 0 Å². The minimum atomic E-state index is -1.05. The largest absolute Gasteiger partial charge is 0.494 e. The molecule has 0 aliphatic heterocycles. The number of hydrogen-bond donors (Lipinski definition) is 0. The summed E-state index contributed by atoms with van der Waals surface area (Å²) >= 11 is 0. The lowest BCUT2D eigenvalue weighted by molar-refractivity contribution is 0.280. The van der Waals surface area contributed by atoms with Crippen molar-refractivity contribution in [3.8, 4) is 11.5 Å². The Hall–Kier alpha value is -2.36. The van der Waals surface area contributed by atoms with Gasteiger partial charge in [-0.05, 0) is 23.3 Å². The van der Waals surface area contributed by atoms with E-state index in [0.29, 0.717) is 0 Å². The number of benzene rings is 2. The number of methoxy groups -OCH3 is 1. The zero-order valence-corrected chi connectivity index (χ0v) is 11.0. The van der Waals surface area contributed by atoms with Gasteiger partial charge in [0.25, 0.3) is 0 Å². The summed E-state index contributed by atoms with van der Waals surface area (Å²) < 4.78 is 37.1. The van der Waals surface area contributed by atoms with Gasteiger partial charge in [0.2, 0.25) is 11.6 Å². The Balaban J connectivity index is 2.10. The Bertz CT molecular complexity index is 607. The van der Waals surface area contributed by atoms with Crippen LogP contribution < -0.4 is 9.47 Å². The van der Waals surface area contributed by atoms with Crippen LogP contribution in [0.25, 0.3) is 6.08 Å². The minimum absolute atomic E-state index is 0.143. The molecule has 4 heteroatoms. The fourth-order valence-corrected chi connectivity index (χ4v) is 1.69. The summed E-state index contributed by atoms with van der Waals surface area (Å²) in [7, 11) is 1.28. The second-order valence-electron chi connectivity index (χ2n) is 4.13. The van der Waals surface area contributed by atoms with Crippen LogP contribution in [0.4, 0.5) is 8.78 Å². The van der Waals surface area contributed by atoms with Crippen LogP contribution in [-0.4, -0.2) is 7.11 Å². The zero-order chi connectivity index (χ0) is 14.5. The molecular formula is C16H14F2O2. The minimum Gasteiger partial charge on any atom is -0.494 e. The number of hydrogen-bond acceptors (Lipinski definition) is 2. The molecule has 0 amide bonds. The molecule has 0 N–H and O–H groups in total. The highest BCUT2D eigenvalue weighted by atomic mass is 19.2. The molecule has 0 aromatic heterocycles. The molecule has 2 aromatic rings. The van der Waals surface area contributed by atoms with E-state index in [1.54, 1.807) is 6.08 Å². The molecule has 2 rings (SSSR count). The summed E-state index contributed by atoms with van der Waals surface area (Å²) in [5.41, 5.74) is 1.83. The van der Waals surface area contributed by atoms with Gasteiger partial charge in [-0.25, -0.2) is 0 Å². The molecule has 20 heavy (non-hydrogen) atoms. The Labute approximate surface area is 116 Å². The molecule has 0 radical (unpaired) electrons. The van der Waals surface area contributed by atoms with Gasteiger partial charge in [-0.2, -0.15) is 8.78 Å². The Morgan fingerprint density at radius 3 is 2.20 bits per heavy atom. The van der Waals surface area contributed by atoms with Crippen LogP contribution in [0.2, 0.25) is 0 Å². The number of ether oxygens (including phenoxy) is 2. The van der Waals surface area contributed by atoms with Crippen LogP contribution in [-0.2, 0) is 6.61 Å². The van der Waals surface area contributed by atoms with E-state index in [-0.39, 0.29) is 18.1 Å². The predicted molar refractivity (Wildman–Crippen MR) is 73.8 cm³/mol. The van der Waals surface area contributed by atoms with E-state index >= 15 is 0 Å². The highest BCUT2D eigenvalue weighted by Crippen LogP contribution is 2.27. The summed E-state index contributed by atoms with van der Waals surface area (Å²) in [5, 5.41) is 0. The van der Waals surface area contributed by atoms with E-state index < -0.39 is 11.6 Å². The van der Waals surface area contributed by atoms with Crippen molar-refractivity contribution in [3.05, 3.63) is 65.7 Å². The standard InChI is InChI=1S/C16H14F2O2/c1-3-11-4-6-12(7-5-11)10-20-14-9-8-13(19-2)15(17)16(14)18/h3-9H,1,10H2,2H3. The van der Waals surface area contributed by atoms with E-state index in [1.165, 1.54) is 19.2 Å². The van der Waals surface area contributed by atoms with Crippen LogP contribution in [0.15, 0.2) is 43.0 Å². The lowest BCUT2D eigenvalue weighted by atomic mass is 10.1. The van der Waals surface area contributed by atoms with E-state index in [9.17, 15) is 8.78 Å². The molecule has 0 saturated heterocycles. The molecule has 0 saturated carbocycles. The van der Waals surface area contributed by atoms with Gasteiger partial charge in [-0.1, -0.05) is 36.9 Å². The zero-order valence-electron chi connectivity index (χ0n) is 11.0. The maximum absolute atomic E-state index is 13.7. The van der Waals surface area contributed by atoms with Gasteiger partial charge in [0.15, 0.2) is 11.5 Å². The highest BCUT2D eigenvalue weighted by Gasteiger charge is 2.14. The molecule has 0 fully saturated rings. The van der Waals surface area contributed by atoms with Crippen LogP contribution in [0.3, 0.4) is 0 Å². The lowest BCUT2D eigenvalue weighted by Gasteiger charge is -2.10. The molecule has 0 bridgehead atoms. The van der Waals surface area contributed by atoms with Crippen molar-refractivity contribution in [3.63, 3.8) is 0 Å². The summed E-state index contributed by atoms with van der Waals surface area (Å²) in [4.78, 5) is 0. The first-order chi connectivity index (χ1) is 9.65. The second kappa shape index (κ2) is 6.19. The van der Waals surface area contributed by atoms with Crippen molar-refractivity contribution in [2.45, 2.75) is 6.61 Å². The Kier molecular flexibility index (Phi) is 4.35. The first-order valence-corrected chi connectivity index (χ1v) is 6.02. The number of rotatable bonds is 5. The van der Waals surface area contributed by atoms with Crippen molar-refractivity contribution in [2.24, 2.45) is 0 Å². The summed E-state index contributed by atoms with van der Waals surface area (Å²) in [6, 6.07) is 10.1. The van der Waals surface area contributed by atoms with Crippen LogP contribution in [0, 0.1) is 11.6 Å². The molecule has 0 aliphatic carbocycles. The average Bonchev–Trinajstić information content (AvgIpc) is 2.49. The van der Waals surface area contributed by atoms with Gasteiger partial charge in [0.05, 0.1) is 7.11 Å². The van der Waals surface area contributed by atoms with Crippen LogP contribution in [0.1, 0.15) is 11.1 Å². The van der Waals surface area contributed by atoms with Crippen molar-refractivity contribution >= 4 is 6.08 Å². The van der Waals surface area contributed by atoms with Crippen molar-refractivity contribution in [1.82, 2.24) is 0 Å². The molecule has 0 unspecified atom stereocenters. The molecule has 0 spiro atoms. The smallest absolute Gasteiger partial charge is 0.204 e. The molecule has 2 nitrogen and oxygen atoms in total. The lowest BCUT2D eigenvalue weighted by Crippen LogP contribution is -2.00. The Morgan fingerprint density at radius 2 is 1.60 bits per heavy atom. The maximum Gasteiger partial charge on any atom is 0.204 e. The molecule has 0 heterocycles. The predicted octanol–water partition coefficient (Wildman–Crippen LogP) is 4.20. The first-order valence-electron chi connectivity index (χ1n) is 6.02. The SMILES string of the molecule is C=Cc1ccc(COc2ccc(OC)c(F)c2F)cc1. The molecule has 2 aromatic carbocycles. The first kappa shape index (κ1) is 14.1. The maximum atomic E-state index is 13.7. The van der Waals surface area contributed by atoms with Gasteiger partial charge in [-0.3, -0.25) is 0 Å². The number of halogens is 2. The fraction of sp³-hybridized carbons (Fsp3) is 0.125. The van der Waals surface area contributed by atoms with Gasteiger partial charge in [0, 0.05) is 0 Å². The molecule has 0 atom stereocenters. The van der Waals surface area contributed by atoms with Crippen molar-refractivity contribution in [1.29, 1.82) is 0 Å². The topological polar surface area (TPSA) is 18.5 Å². The van der Waals surface area contributed by atoms with Gasteiger partial charge in [0.1, 0.15) is 6.61 Å². The van der Waals surface area contributed by atoms with E-state index in [0.717, 1.165) is 11.1 Å². The molecule has 0 aliphatic rings. The normalized spacial score (nSPS) is 10.2. The quantitative estimate of drug-likeness (QED) is 0.815. The third kappa shape index (κ3) is 2.96. The third-order valence-corrected chi connectivity index (χ3v) is 2.84. The van der Waals surface area contributed by atoms with E-state index in [1.807, 2.05) is 24.3 Å². The molecule has 104 valence electrons. The van der Waals surface area contributed by atoms with Crippen molar-refractivity contribution < 1.29 is 18.3 Å². The summed E-state index contributed by atoms with van der Waals surface area (Å²) in [6.45, 7) is 3.81. The average molecular weight is 276 g/mol. The van der Waals surface area contributed by atoms with Crippen LogP contribution >= 0.6 is 0 Å². The van der Waals surface area contributed by atoms with Gasteiger partial charge < -0.3 is 9.47 Å². The second-order valence-corrected chi connectivity index (χ2v) is 4.13. The van der Waals surface area contributed by atoms with Crippen LogP contribution in [0.5, 0.6) is 11.5 Å². The summed E-state index contributed by atoms with van der Waals surface area (Å²) in [6.07, 6.45) is 1.73. The van der Waals surface area contributed by atoms with E-state index in [4.69, 9.17) is 4.74 Å². The molecular weight excluding hydrogens is 262 g/mol. The monoisotopic (exact) mass is 276 g/mol. The fourth-order valence-electron chi connectivity index (χ4n) is 1.69. The Morgan fingerprint density at radius 1 is 1.00 bits per heavy atom. The van der Waals surface area contributed by atoms with E-state index in [2.05, 4.69) is 11.3 Å². The highest BCUT2D eigenvalue weighted by molar-refractivity contribution is 5.47.